The Morgan fingerprint density at radius 2 is 2.17 bits per heavy atom. The Labute approximate surface area is 136 Å². The Bertz CT molecular complexity index is 576. The van der Waals surface area contributed by atoms with E-state index in [1.54, 1.807) is 0 Å². The number of ether oxygens (including phenoxy) is 4. The van der Waals surface area contributed by atoms with Crippen molar-refractivity contribution in [2.75, 3.05) is 26.6 Å². The van der Waals surface area contributed by atoms with Crippen molar-refractivity contribution < 1.29 is 18.9 Å². The predicted molar refractivity (Wildman–Crippen MR) is 85.7 cm³/mol. The van der Waals surface area contributed by atoms with E-state index in [1.807, 2.05) is 12.1 Å². The second-order valence-electron chi connectivity index (χ2n) is 6.30. The SMILES string of the molecule is C=CCO[C@H]1[C@H]2CC[C@H]1OCCN2Cc1ccc2c(c1)OCO2. The van der Waals surface area contributed by atoms with Gasteiger partial charge in [-0.25, -0.2) is 0 Å². The van der Waals surface area contributed by atoms with Crippen molar-refractivity contribution in [3.63, 3.8) is 0 Å². The summed E-state index contributed by atoms with van der Waals surface area (Å²) in [4.78, 5) is 2.48. The topological polar surface area (TPSA) is 40.2 Å². The molecule has 2 fully saturated rings. The molecule has 4 rings (SSSR count). The van der Waals surface area contributed by atoms with Crippen LogP contribution in [0.3, 0.4) is 0 Å². The zero-order valence-electron chi connectivity index (χ0n) is 13.3. The molecule has 2 bridgehead atoms. The lowest BCUT2D eigenvalue weighted by Crippen LogP contribution is -2.42. The van der Waals surface area contributed by atoms with Crippen LogP contribution in [0.4, 0.5) is 0 Å². The fourth-order valence-corrected chi connectivity index (χ4v) is 3.83. The fraction of sp³-hybridized carbons (Fsp3) is 0.556. The van der Waals surface area contributed by atoms with Gasteiger partial charge in [0.05, 0.1) is 25.4 Å². The molecule has 3 atom stereocenters. The Kier molecular flexibility index (Phi) is 4.25. The maximum absolute atomic E-state index is 6.01. The fourth-order valence-electron chi connectivity index (χ4n) is 3.83. The van der Waals surface area contributed by atoms with Gasteiger partial charge in [-0.05, 0) is 30.5 Å². The zero-order valence-corrected chi connectivity index (χ0v) is 13.3. The van der Waals surface area contributed by atoms with Gasteiger partial charge in [0.15, 0.2) is 11.5 Å². The Morgan fingerprint density at radius 3 is 3.09 bits per heavy atom. The second kappa shape index (κ2) is 6.51. The van der Waals surface area contributed by atoms with Crippen LogP contribution in [0.5, 0.6) is 11.5 Å². The summed E-state index contributed by atoms with van der Waals surface area (Å²) in [7, 11) is 0. The molecule has 2 aliphatic heterocycles. The first-order valence-electron chi connectivity index (χ1n) is 8.32. The highest BCUT2D eigenvalue weighted by Crippen LogP contribution is 2.35. The molecule has 0 spiro atoms. The standard InChI is InChI=1S/C18H23NO4/c1-2-8-21-18-14-4-6-16(18)20-9-7-19(14)11-13-3-5-15-17(10-13)23-12-22-15/h2-3,5,10,14,16,18H,1,4,6-9,11-12H2/t14-,16-,18+/m1/s1. The molecule has 124 valence electrons. The van der Waals surface area contributed by atoms with E-state index in [0.717, 1.165) is 44.0 Å². The lowest BCUT2D eigenvalue weighted by Gasteiger charge is -2.31. The summed E-state index contributed by atoms with van der Waals surface area (Å²) in [6.45, 7) is 7.23. The molecule has 0 amide bonds. The predicted octanol–water partition coefficient (Wildman–Crippen LogP) is 2.35. The van der Waals surface area contributed by atoms with Gasteiger partial charge in [-0.3, -0.25) is 4.90 Å². The van der Waals surface area contributed by atoms with E-state index >= 15 is 0 Å². The third kappa shape index (κ3) is 2.96. The van der Waals surface area contributed by atoms with Crippen LogP contribution in [0, 0.1) is 0 Å². The van der Waals surface area contributed by atoms with Gasteiger partial charge < -0.3 is 18.9 Å². The molecule has 0 radical (unpaired) electrons. The van der Waals surface area contributed by atoms with E-state index in [0.29, 0.717) is 19.4 Å². The number of hydrogen-bond donors (Lipinski definition) is 0. The van der Waals surface area contributed by atoms with Crippen LogP contribution in [0.15, 0.2) is 30.9 Å². The highest BCUT2D eigenvalue weighted by molar-refractivity contribution is 5.44. The quantitative estimate of drug-likeness (QED) is 0.780. The third-order valence-corrected chi connectivity index (χ3v) is 4.90. The Balaban J connectivity index is 1.50. The maximum atomic E-state index is 6.01. The average Bonchev–Trinajstić information content (AvgIpc) is 3.12. The first-order valence-corrected chi connectivity index (χ1v) is 8.32. The molecule has 1 saturated carbocycles. The first kappa shape index (κ1) is 15.0. The minimum atomic E-state index is 0.143. The number of hydrogen-bond acceptors (Lipinski definition) is 5. The van der Waals surface area contributed by atoms with E-state index in [2.05, 4.69) is 23.6 Å². The van der Waals surface area contributed by atoms with Crippen molar-refractivity contribution in [2.45, 2.75) is 37.6 Å². The van der Waals surface area contributed by atoms with Crippen LogP contribution in [-0.2, 0) is 16.0 Å². The molecule has 0 unspecified atom stereocenters. The molecule has 5 nitrogen and oxygen atoms in total. The smallest absolute Gasteiger partial charge is 0.231 e. The maximum Gasteiger partial charge on any atom is 0.231 e. The first-order chi connectivity index (χ1) is 11.3. The van der Waals surface area contributed by atoms with Crippen molar-refractivity contribution in [1.82, 2.24) is 4.90 Å². The second-order valence-corrected chi connectivity index (χ2v) is 6.30. The molecule has 1 aromatic carbocycles. The summed E-state index contributed by atoms with van der Waals surface area (Å²) in [5.41, 5.74) is 1.24. The molecule has 0 N–H and O–H groups in total. The van der Waals surface area contributed by atoms with Crippen LogP contribution in [0.2, 0.25) is 0 Å². The van der Waals surface area contributed by atoms with Gasteiger partial charge in [0.2, 0.25) is 6.79 Å². The molecule has 1 saturated heterocycles. The van der Waals surface area contributed by atoms with Crippen LogP contribution in [-0.4, -0.2) is 49.7 Å². The van der Waals surface area contributed by atoms with E-state index < -0.39 is 0 Å². The minimum Gasteiger partial charge on any atom is -0.454 e. The Morgan fingerprint density at radius 1 is 1.26 bits per heavy atom. The summed E-state index contributed by atoms with van der Waals surface area (Å²) < 4.78 is 22.9. The van der Waals surface area contributed by atoms with E-state index in [-0.39, 0.29) is 12.2 Å². The van der Waals surface area contributed by atoms with Gasteiger partial charge in [0, 0.05) is 19.1 Å². The summed E-state index contributed by atoms with van der Waals surface area (Å²) in [6.07, 6.45) is 4.37. The van der Waals surface area contributed by atoms with Gasteiger partial charge in [-0.1, -0.05) is 12.1 Å². The average molecular weight is 317 g/mol. The van der Waals surface area contributed by atoms with Crippen LogP contribution < -0.4 is 9.47 Å². The van der Waals surface area contributed by atoms with Crippen molar-refractivity contribution in [3.05, 3.63) is 36.4 Å². The minimum absolute atomic E-state index is 0.143. The summed E-state index contributed by atoms with van der Waals surface area (Å²) in [5.74, 6) is 1.68. The molecular formula is C18H23NO4. The summed E-state index contributed by atoms with van der Waals surface area (Å²) >= 11 is 0. The molecule has 1 aromatic rings. The zero-order chi connectivity index (χ0) is 15.6. The highest BCUT2D eigenvalue weighted by atomic mass is 16.7. The van der Waals surface area contributed by atoms with Crippen molar-refractivity contribution >= 4 is 0 Å². The summed E-state index contributed by atoms with van der Waals surface area (Å²) in [6, 6.07) is 6.61. The highest BCUT2D eigenvalue weighted by Gasteiger charge is 2.42. The molecular weight excluding hydrogens is 294 g/mol. The van der Waals surface area contributed by atoms with Crippen LogP contribution in [0.1, 0.15) is 18.4 Å². The van der Waals surface area contributed by atoms with Gasteiger partial charge in [0.1, 0.15) is 0 Å². The monoisotopic (exact) mass is 317 g/mol. The van der Waals surface area contributed by atoms with Gasteiger partial charge in [-0.2, -0.15) is 0 Å². The molecule has 0 aromatic heterocycles. The van der Waals surface area contributed by atoms with E-state index in [9.17, 15) is 0 Å². The van der Waals surface area contributed by atoms with Gasteiger partial charge in [-0.15, -0.1) is 6.58 Å². The van der Waals surface area contributed by atoms with Crippen molar-refractivity contribution in [3.8, 4) is 11.5 Å². The normalized spacial score (nSPS) is 29.5. The lowest BCUT2D eigenvalue weighted by molar-refractivity contribution is -0.0447. The van der Waals surface area contributed by atoms with Crippen LogP contribution >= 0.6 is 0 Å². The van der Waals surface area contributed by atoms with E-state index in [1.165, 1.54) is 5.56 Å². The van der Waals surface area contributed by atoms with Crippen molar-refractivity contribution in [1.29, 1.82) is 0 Å². The molecule has 2 heterocycles. The van der Waals surface area contributed by atoms with Gasteiger partial charge in [0.25, 0.3) is 0 Å². The van der Waals surface area contributed by atoms with Crippen LogP contribution in [0.25, 0.3) is 0 Å². The Hall–Kier alpha value is -1.56. The number of benzene rings is 1. The van der Waals surface area contributed by atoms with Gasteiger partial charge >= 0.3 is 0 Å². The number of rotatable bonds is 5. The number of fused-ring (bicyclic) bond motifs is 3. The molecule has 3 aliphatic rings. The largest absolute Gasteiger partial charge is 0.454 e. The number of nitrogens with zero attached hydrogens (tertiary/aromatic N) is 1. The molecule has 1 aliphatic carbocycles. The molecule has 5 heteroatoms. The van der Waals surface area contributed by atoms with E-state index in [4.69, 9.17) is 18.9 Å². The van der Waals surface area contributed by atoms with Crippen molar-refractivity contribution in [2.24, 2.45) is 0 Å². The molecule has 23 heavy (non-hydrogen) atoms. The summed E-state index contributed by atoms with van der Waals surface area (Å²) in [5, 5.41) is 0. The lowest BCUT2D eigenvalue weighted by atomic mass is 10.1. The third-order valence-electron chi connectivity index (χ3n) is 4.90.